The van der Waals surface area contributed by atoms with Crippen LogP contribution in [0.4, 0.5) is 4.79 Å². The van der Waals surface area contributed by atoms with Gasteiger partial charge in [-0.3, -0.25) is 0 Å². The molecule has 0 radical (unpaired) electrons. The van der Waals surface area contributed by atoms with E-state index in [2.05, 4.69) is 36.4 Å². The van der Waals surface area contributed by atoms with Gasteiger partial charge in [0.25, 0.3) is 0 Å². The fourth-order valence-corrected chi connectivity index (χ4v) is 4.55. The molecule has 0 unspecified atom stereocenters. The minimum Gasteiger partial charge on any atom is -0.481 e. The summed E-state index contributed by atoms with van der Waals surface area (Å²) < 4.78 is 5.21. The number of rotatable bonds is 4. The molecule has 2 amide bonds. The molecule has 2 aliphatic rings. The van der Waals surface area contributed by atoms with Crippen LogP contribution >= 0.6 is 0 Å². The standard InChI is InChI=1S/C18H27N3O2/c1-17(2)13-7-8-18(17,3)14(10-13)21-16(22)20-11-12-6-5-9-19-15(12)23-4/h5-6,9,13-14H,7-8,10-11H2,1-4H3,(H2,20,21,22)/t13-,14-,18-/m1/s1. The molecule has 3 atom stereocenters. The number of methoxy groups -OCH3 is 1. The zero-order chi connectivity index (χ0) is 16.7. The highest BCUT2D eigenvalue weighted by molar-refractivity contribution is 5.74. The Morgan fingerprint density at radius 2 is 2.22 bits per heavy atom. The molecule has 3 rings (SSSR count). The van der Waals surface area contributed by atoms with E-state index in [-0.39, 0.29) is 17.5 Å². The van der Waals surface area contributed by atoms with Gasteiger partial charge in [0.1, 0.15) is 0 Å². The first kappa shape index (κ1) is 16.1. The lowest BCUT2D eigenvalue weighted by atomic mass is 9.69. The van der Waals surface area contributed by atoms with Crippen LogP contribution in [0.3, 0.4) is 0 Å². The number of amides is 2. The van der Waals surface area contributed by atoms with E-state index in [9.17, 15) is 4.79 Å². The van der Waals surface area contributed by atoms with Crippen molar-refractivity contribution < 1.29 is 9.53 Å². The second-order valence-electron chi connectivity index (χ2n) is 7.66. The van der Waals surface area contributed by atoms with E-state index < -0.39 is 0 Å². The molecule has 0 aliphatic heterocycles. The molecule has 23 heavy (non-hydrogen) atoms. The normalized spacial score (nSPS) is 31.0. The Labute approximate surface area is 138 Å². The molecule has 126 valence electrons. The monoisotopic (exact) mass is 317 g/mol. The fourth-order valence-electron chi connectivity index (χ4n) is 4.55. The van der Waals surface area contributed by atoms with Crippen molar-refractivity contribution in [1.82, 2.24) is 15.6 Å². The Balaban J connectivity index is 1.59. The summed E-state index contributed by atoms with van der Waals surface area (Å²) in [6.07, 6.45) is 5.26. The molecule has 0 aromatic carbocycles. The molecular weight excluding hydrogens is 290 g/mol. The summed E-state index contributed by atoms with van der Waals surface area (Å²) in [6.45, 7) is 7.45. The molecule has 5 nitrogen and oxygen atoms in total. The van der Waals surface area contributed by atoms with Crippen molar-refractivity contribution in [2.24, 2.45) is 16.7 Å². The molecule has 5 heteroatoms. The van der Waals surface area contributed by atoms with Crippen LogP contribution in [-0.4, -0.2) is 24.2 Å². The highest BCUT2D eigenvalue weighted by Gasteiger charge is 2.61. The van der Waals surface area contributed by atoms with E-state index in [1.165, 1.54) is 12.8 Å². The zero-order valence-electron chi connectivity index (χ0n) is 14.5. The van der Waals surface area contributed by atoms with Crippen LogP contribution in [0.1, 0.15) is 45.6 Å². The number of pyridine rings is 1. The van der Waals surface area contributed by atoms with Gasteiger partial charge in [0.2, 0.25) is 5.88 Å². The Hall–Kier alpha value is -1.78. The molecule has 1 heterocycles. The highest BCUT2D eigenvalue weighted by atomic mass is 16.5. The average Bonchev–Trinajstić information content (AvgIpc) is 2.86. The van der Waals surface area contributed by atoms with Crippen molar-refractivity contribution in [3.05, 3.63) is 23.9 Å². The van der Waals surface area contributed by atoms with E-state index in [0.717, 1.165) is 17.9 Å². The summed E-state index contributed by atoms with van der Waals surface area (Å²) in [5, 5.41) is 6.14. The van der Waals surface area contributed by atoms with Crippen molar-refractivity contribution in [1.29, 1.82) is 0 Å². The maximum Gasteiger partial charge on any atom is 0.315 e. The Morgan fingerprint density at radius 1 is 1.43 bits per heavy atom. The maximum absolute atomic E-state index is 12.3. The first-order valence-corrected chi connectivity index (χ1v) is 8.41. The lowest BCUT2D eigenvalue weighted by Gasteiger charge is -2.39. The molecule has 2 aliphatic carbocycles. The predicted molar refractivity (Wildman–Crippen MR) is 89.2 cm³/mol. The van der Waals surface area contributed by atoms with Crippen LogP contribution in [0.2, 0.25) is 0 Å². The van der Waals surface area contributed by atoms with Crippen LogP contribution in [0.15, 0.2) is 18.3 Å². The van der Waals surface area contributed by atoms with Crippen molar-refractivity contribution >= 4 is 6.03 Å². The third-order valence-electron chi connectivity index (χ3n) is 6.58. The molecule has 2 saturated carbocycles. The van der Waals surface area contributed by atoms with Crippen molar-refractivity contribution in [2.45, 2.75) is 52.6 Å². The number of carbonyl (C=O) groups is 1. The average molecular weight is 317 g/mol. The zero-order valence-corrected chi connectivity index (χ0v) is 14.5. The quantitative estimate of drug-likeness (QED) is 0.897. The van der Waals surface area contributed by atoms with Crippen LogP contribution in [0.25, 0.3) is 0 Å². The fraction of sp³-hybridized carbons (Fsp3) is 0.667. The van der Waals surface area contributed by atoms with E-state index >= 15 is 0 Å². The number of ether oxygens (including phenoxy) is 1. The summed E-state index contributed by atoms with van der Waals surface area (Å²) >= 11 is 0. The molecular formula is C18H27N3O2. The number of hydrogen-bond acceptors (Lipinski definition) is 3. The van der Waals surface area contributed by atoms with E-state index in [1.54, 1.807) is 13.3 Å². The smallest absolute Gasteiger partial charge is 0.315 e. The van der Waals surface area contributed by atoms with Gasteiger partial charge in [-0.15, -0.1) is 0 Å². The van der Waals surface area contributed by atoms with Crippen LogP contribution in [-0.2, 0) is 6.54 Å². The number of urea groups is 1. The Bertz CT molecular complexity index is 602. The molecule has 1 aromatic heterocycles. The Kier molecular flexibility index (Phi) is 3.98. The molecule has 1 aromatic rings. The lowest BCUT2D eigenvalue weighted by molar-refractivity contribution is 0.123. The summed E-state index contributed by atoms with van der Waals surface area (Å²) in [7, 11) is 1.59. The second-order valence-corrected chi connectivity index (χ2v) is 7.66. The number of fused-ring (bicyclic) bond motifs is 2. The van der Waals surface area contributed by atoms with Gasteiger partial charge in [-0.25, -0.2) is 9.78 Å². The van der Waals surface area contributed by atoms with E-state index in [4.69, 9.17) is 4.74 Å². The number of aromatic nitrogens is 1. The summed E-state index contributed by atoms with van der Waals surface area (Å²) in [4.78, 5) is 16.5. The largest absolute Gasteiger partial charge is 0.481 e. The van der Waals surface area contributed by atoms with Gasteiger partial charge in [-0.1, -0.05) is 26.8 Å². The van der Waals surface area contributed by atoms with Gasteiger partial charge in [0, 0.05) is 24.3 Å². The first-order chi connectivity index (χ1) is 10.9. The SMILES string of the molecule is COc1ncccc1CNC(=O)N[C@@H]1C[C@H]2CC[C@@]1(C)C2(C)C. The minimum atomic E-state index is -0.106. The maximum atomic E-state index is 12.3. The summed E-state index contributed by atoms with van der Waals surface area (Å²) in [5.41, 5.74) is 1.38. The molecule has 2 bridgehead atoms. The van der Waals surface area contributed by atoms with Crippen LogP contribution in [0, 0.1) is 16.7 Å². The predicted octanol–water partition coefficient (Wildman–Crippen LogP) is 3.10. The summed E-state index contributed by atoms with van der Waals surface area (Å²) in [6, 6.07) is 3.91. The molecule has 0 saturated heterocycles. The van der Waals surface area contributed by atoms with E-state index in [0.29, 0.717) is 17.8 Å². The minimum absolute atomic E-state index is 0.106. The van der Waals surface area contributed by atoms with Crippen LogP contribution < -0.4 is 15.4 Å². The van der Waals surface area contributed by atoms with Gasteiger partial charge in [0.05, 0.1) is 7.11 Å². The summed E-state index contributed by atoms with van der Waals surface area (Å²) in [5.74, 6) is 1.28. The molecule has 2 fully saturated rings. The van der Waals surface area contributed by atoms with Gasteiger partial charge in [-0.05, 0) is 42.1 Å². The highest BCUT2D eigenvalue weighted by Crippen LogP contribution is 2.65. The third kappa shape index (κ3) is 2.56. The topological polar surface area (TPSA) is 63.2 Å². The van der Waals surface area contributed by atoms with Crippen molar-refractivity contribution in [3.8, 4) is 5.88 Å². The van der Waals surface area contributed by atoms with Crippen molar-refractivity contribution in [2.75, 3.05) is 7.11 Å². The van der Waals surface area contributed by atoms with E-state index in [1.807, 2.05) is 12.1 Å². The molecule has 0 spiro atoms. The van der Waals surface area contributed by atoms with Gasteiger partial charge in [0.15, 0.2) is 0 Å². The van der Waals surface area contributed by atoms with Gasteiger partial charge in [-0.2, -0.15) is 0 Å². The van der Waals surface area contributed by atoms with Crippen molar-refractivity contribution in [3.63, 3.8) is 0 Å². The second kappa shape index (κ2) is 5.69. The lowest BCUT2D eigenvalue weighted by Crippen LogP contribution is -2.50. The van der Waals surface area contributed by atoms with Gasteiger partial charge >= 0.3 is 6.03 Å². The number of carbonyl (C=O) groups excluding carboxylic acids is 1. The van der Waals surface area contributed by atoms with Crippen LogP contribution in [0.5, 0.6) is 5.88 Å². The Morgan fingerprint density at radius 3 is 2.83 bits per heavy atom. The third-order valence-corrected chi connectivity index (χ3v) is 6.58. The number of nitrogens with zero attached hydrogens (tertiary/aromatic N) is 1. The molecule has 2 N–H and O–H groups in total. The first-order valence-electron chi connectivity index (χ1n) is 8.41. The number of hydrogen-bond donors (Lipinski definition) is 2. The van der Waals surface area contributed by atoms with Gasteiger partial charge < -0.3 is 15.4 Å². The number of nitrogens with one attached hydrogen (secondary N) is 2.